The van der Waals surface area contributed by atoms with Gasteiger partial charge in [-0.25, -0.2) is 0 Å². The second-order valence-electron chi connectivity index (χ2n) is 13.2. The summed E-state index contributed by atoms with van der Waals surface area (Å²) in [6.45, 7) is 6.16. The zero-order valence-electron chi connectivity index (χ0n) is 29.6. The minimum Gasteiger partial charge on any atom is -0.494 e. The lowest BCUT2D eigenvalue weighted by atomic mass is 9.82. The van der Waals surface area contributed by atoms with Crippen molar-refractivity contribution in [1.29, 1.82) is 0 Å². The second kappa shape index (κ2) is 16.9. The van der Waals surface area contributed by atoms with Gasteiger partial charge in [0.2, 0.25) is 0 Å². The van der Waals surface area contributed by atoms with E-state index in [1.165, 1.54) is 6.21 Å². The van der Waals surface area contributed by atoms with Crippen molar-refractivity contribution < 1.29 is 33.3 Å². The molecule has 266 valence electrons. The molecule has 0 heterocycles. The number of carbonyl (C=O) groups is 3. The van der Waals surface area contributed by atoms with Crippen LogP contribution in [0.25, 0.3) is 21.5 Å². The van der Waals surface area contributed by atoms with Gasteiger partial charge in [0.25, 0.3) is 0 Å². The summed E-state index contributed by atoms with van der Waals surface area (Å²) in [5, 5.41) is 13.0. The monoisotopic (exact) mass is 698 g/mol. The maximum Gasteiger partial charge on any atom is 0.314 e. The van der Waals surface area contributed by atoms with Crippen LogP contribution in [0.4, 0.5) is 0 Å². The van der Waals surface area contributed by atoms with Gasteiger partial charge >= 0.3 is 17.9 Å². The molecule has 5 aromatic rings. The van der Waals surface area contributed by atoms with Gasteiger partial charge in [0, 0.05) is 11.1 Å². The van der Waals surface area contributed by atoms with E-state index in [0.29, 0.717) is 43.6 Å². The van der Waals surface area contributed by atoms with Gasteiger partial charge in [-0.15, -0.1) is 0 Å². The summed E-state index contributed by atoms with van der Waals surface area (Å²) in [7, 11) is 0. The predicted molar refractivity (Wildman–Crippen MR) is 203 cm³/mol. The topological polar surface area (TPSA) is 113 Å². The third-order valence-corrected chi connectivity index (χ3v) is 9.05. The van der Waals surface area contributed by atoms with Crippen LogP contribution >= 0.6 is 0 Å². The first kappa shape index (κ1) is 36.0. The van der Waals surface area contributed by atoms with Crippen molar-refractivity contribution in [3.63, 3.8) is 0 Å². The lowest BCUT2D eigenvalue weighted by molar-refractivity contribution is -0.145. The van der Waals surface area contributed by atoms with Gasteiger partial charge in [0.05, 0.1) is 36.8 Å². The Labute approximate surface area is 303 Å². The Morgan fingerprint density at radius 1 is 0.673 bits per heavy atom. The number of rotatable bonds is 12. The molecule has 0 N–H and O–H groups in total. The molecule has 0 amide bonds. The van der Waals surface area contributed by atoms with Gasteiger partial charge in [0.1, 0.15) is 23.0 Å². The van der Waals surface area contributed by atoms with E-state index in [9.17, 15) is 14.4 Å². The molecule has 9 nitrogen and oxygen atoms in total. The Morgan fingerprint density at radius 2 is 1.21 bits per heavy atom. The number of nitrogens with zero attached hydrogens (tertiary/aromatic N) is 2. The van der Waals surface area contributed by atoms with Crippen molar-refractivity contribution in [3.8, 4) is 23.0 Å². The van der Waals surface area contributed by atoms with Crippen molar-refractivity contribution in [1.82, 2.24) is 0 Å². The number of ether oxygens (including phenoxy) is 4. The molecule has 0 aromatic heterocycles. The van der Waals surface area contributed by atoms with Crippen LogP contribution in [-0.4, -0.2) is 36.9 Å². The minimum absolute atomic E-state index is 0.273. The Bertz CT molecular complexity index is 2060. The van der Waals surface area contributed by atoms with E-state index in [2.05, 4.69) is 40.5 Å². The van der Waals surface area contributed by atoms with Crippen LogP contribution < -0.4 is 18.9 Å². The van der Waals surface area contributed by atoms with Crippen LogP contribution in [0.15, 0.2) is 107 Å². The second-order valence-corrected chi connectivity index (χ2v) is 13.2. The molecule has 1 aliphatic rings. The Kier molecular flexibility index (Phi) is 11.7. The van der Waals surface area contributed by atoms with Gasteiger partial charge in [-0.1, -0.05) is 69.3 Å². The first-order valence-electron chi connectivity index (χ1n) is 17.8. The average Bonchev–Trinajstić information content (AvgIpc) is 3.16. The van der Waals surface area contributed by atoms with Crippen molar-refractivity contribution in [2.75, 3.05) is 6.61 Å². The standard InChI is InChI=1S/C43H42N2O7/c1-4-23-49-34-17-19-35(20-18-34)50-42(47)29-13-15-30(16-14-29)43(48)51-36-21-22-40(52-41(46)28(2)3)33(25-36)26-44-45-27-39-37-11-7-5-9-31(37)24-32-10-6-8-12-38(32)39/h5-12,17-22,24-30H,4,13-16,23H2,1-3H3/b44-26+,45-27+. The summed E-state index contributed by atoms with van der Waals surface area (Å²) in [5.74, 6) is -0.360. The van der Waals surface area contributed by atoms with Crippen molar-refractivity contribution >= 4 is 51.9 Å². The molecule has 0 bridgehead atoms. The summed E-state index contributed by atoms with van der Waals surface area (Å²) in [5.41, 5.74) is 1.37. The first-order chi connectivity index (χ1) is 25.3. The Morgan fingerprint density at radius 3 is 1.81 bits per heavy atom. The van der Waals surface area contributed by atoms with E-state index in [1.54, 1.807) is 62.5 Å². The molecule has 6 rings (SSSR count). The maximum atomic E-state index is 13.2. The van der Waals surface area contributed by atoms with E-state index in [4.69, 9.17) is 18.9 Å². The van der Waals surface area contributed by atoms with Crippen LogP contribution in [0.1, 0.15) is 64.0 Å². The quantitative estimate of drug-likeness (QED) is 0.0420. The first-order valence-corrected chi connectivity index (χ1v) is 17.8. The number of esters is 3. The normalized spacial score (nSPS) is 16.1. The van der Waals surface area contributed by atoms with E-state index in [0.717, 1.165) is 39.3 Å². The third-order valence-electron chi connectivity index (χ3n) is 9.05. The van der Waals surface area contributed by atoms with Crippen LogP contribution in [0.5, 0.6) is 23.0 Å². The molecule has 52 heavy (non-hydrogen) atoms. The number of carbonyl (C=O) groups excluding carboxylic acids is 3. The van der Waals surface area contributed by atoms with Gasteiger partial charge < -0.3 is 18.9 Å². The SMILES string of the molecule is CCCOc1ccc(OC(=O)C2CCC(C(=O)Oc3ccc(OC(=O)C(C)C)c(/C=N/N=C/c4c5ccccc5cc5ccccc45)c3)CC2)cc1. The van der Waals surface area contributed by atoms with E-state index in [1.807, 2.05) is 31.2 Å². The lowest BCUT2D eigenvalue weighted by Crippen LogP contribution is -2.30. The van der Waals surface area contributed by atoms with E-state index in [-0.39, 0.29) is 41.2 Å². The fourth-order valence-corrected chi connectivity index (χ4v) is 6.17. The number of hydrogen-bond donors (Lipinski definition) is 0. The highest BCUT2D eigenvalue weighted by atomic mass is 16.5. The number of fused-ring (bicyclic) bond motifs is 2. The fraction of sp³-hybridized carbons (Fsp3) is 0.279. The maximum absolute atomic E-state index is 13.2. The van der Waals surface area contributed by atoms with Gasteiger partial charge in [-0.2, -0.15) is 10.2 Å². The average molecular weight is 699 g/mol. The van der Waals surface area contributed by atoms with Crippen LogP contribution in [-0.2, 0) is 14.4 Å². The van der Waals surface area contributed by atoms with Crippen LogP contribution in [0, 0.1) is 17.8 Å². The molecule has 0 saturated heterocycles. The van der Waals surface area contributed by atoms with Gasteiger partial charge in [0.15, 0.2) is 0 Å². The fourth-order valence-electron chi connectivity index (χ4n) is 6.17. The van der Waals surface area contributed by atoms with Gasteiger partial charge in [-0.3, -0.25) is 14.4 Å². The zero-order chi connectivity index (χ0) is 36.5. The zero-order valence-corrected chi connectivity index (χ0v) is 29.6. The van der Waals surface area contributed by atoms with E-state index >= 15 is 0 Å². The summed E-state index contributed by atoms with van der Waals surface area (Å²) >= 11 is 0. The third kappa shape index (κ3) is 8.90. The van der Waals surface area contributed by atoms with E-state index < -0.39 is 5.97 Å². The molecule has 0 aliphatic heterocycles. The highest BCUT2D eigenvalue weighted by Crippen LogP contribution is 2.33. The van der Waals surface area contributed by atoms with Crippen molar-refractivity contribution in [2.45, 2.75) is 52.9 Å². The van der Waals surface area contributed by atoms with Crippen molar-refractivity contribution in [2.24, 2.45) is 28.0 Å². The predicted octanol–water partition coefficient (Wildman–Crippen LogP) is 9.11. The summed E-state index contributed by atoms with van der Waals surface area (Å²) < 4.78 is 22.6. The smallest absolute Gasteiger partial charge is 0.314 e. The highest BCUT2D eigenvalue weighted by molar-refractivity contribution is 6.13. The number of benzene rings is 5. The molecule has 0 unspecified atom stereocenters. The molecule has 0 spiro atoms. The summed E-state index contributed by atoms with van der Waals surface area (Å²) in [6, 6.07) is 30.2. The minimum atomic E-state index is -0.404. The molecule has 1 aliphatic carbocycles. The summed E-state index contributed by atoms with van der Waals surface area (Å²) in [6.07, 6.45) is 6.14. The molecule has 1 fully saturated rings. The molecule has 1 saturated carbocycles. The molecule has 5 aromatic carbocycles. The molecule has 0 atom stereocenters. The largest absolute Gasteiger partial charge is 0.494 e. The van der Waals surface area contributed by atoms with Crippen LogP contribution in [0.3, 0.4) is 0 Å². The van der Waals surface area contributed by atoms with Crippen molar-refractivity contribution in [3.05, 3.63) is 108 Å². The Balaban J connectivity index is 1.12. The van der Waals surface area contributed by atoms with Gasteiger partial charge in [-0.05, 0) is 102 Å². The Hall–Kier alpha value is -5.83. The number of hydrogen-bond acceptors (Lipinski definition) is 9. The highest BCUT2D eigenvalue weighted by Gasteiger charge is 2.32. The summed E-state index contributed by atoms with van der Waals surface area (Å²) in [4.78, 5) is 38.6. The molecule has 0 radical (unpaired) electrons. The molecular formula is C43H42N2O7. The molecule has 9 heteroatoms. The lowest BCUT2D eigenvalue weighted by Gasteiger charge is -2.25. The molecular weight excluding hydrogens is 656 g/mol. The van der Waals surface area contributed by atoms with Crippen LogP contribution in [0.2, 0.25) is 0 Å².